The summed E-state index contributed by atoms with van der Waals surface area (Å²) in [7, 11) is 0. The van der Waals surface area contributed by atoms with Crippen LogP contribution in [0, 0.1) is 12.7 Å². The van der Waals surface area contributed by atoms with E-state index in [1.54, 1.807) is 26.0 Å². The maximum absolute atomic E-state index is 13.0. The molecule has 0 fully saturated rings. The van der Waals surface area contributed by atoms with Gasteiger partial charge in [-0.25, -0.2) is 14.2 Å². The predicted molar refractivity (Wildman–Crippen MR) is 120 cm³/mol. The zero-order chi connectivity index (χ0) is 22.7. The van der Waals surface area contributed by atoms with Crippen LogP contribution in [-0.2, 0) is 17.0 Å². The molecule has 0 spiro atoms. The van der Waals surface area contributed by atoms with Gasteiger partial charge in [0.1, 0.15) is 28.8 Å². The Kier molecular flexibility index (Phi) is 6.51. The number of nitrogens with one attached hydrogen (secondary N) is 1. The van der Waals surface area contributed by atoms with Crippen LogP contribution in [0.4, 0.5) is 15.3 Å². The van der Waals surface area contributed by atoms with E-state index in [4.69, 9.17) is 14.9 Å². The number of anilines is 2. The average molecular weight is 475 g/mol. The van der Waals surface area contributed by atoms with Gasteiger partial charge < -0.3 is 20.2 Å². The Labute approximate surface area is 190 Å². The summed E-state index contributed by atoms with van der Waals surface area (Å²) in [6.45, 7) is 4.13. The summed E-state index contributed by atoms with van der Waals surface area (Å²) in [5.41, 5.74) is 7.52. The molecule has 3 aromatic heterocycles. The molecule has 0 aliphatic rings. The Morgan fingerprint density at radius 2 is 2.06 bits per heavy atom. The van der Waals surface area contributed by atoms with E-state index < -0.39 is 5.97 Å². The lowest BCUT2D eigenvalue weighted by molar-refractivity contribution is 0.0526. The number of rotatable bonds is 8. The fourth-order valence-corrected chi connectivity index (χ4v) is 4.55. The van der Waals surface area contributed by atoms with Crippen molar-refractivity contribution in [3.63, 3.8) is 0 Å². The number of benzene rings is 1. The number of carbonyl (C=O) groups is 1. The van der Waals surface area contributed by atoms with Gasteiger partial charge in [0.15, 0.2) is 4.34 Å². The normalized spacial score (nSPS) is 11.1. The van der Waals surface area contributed by atoms with Gasteiger partial charge in [0.25, 0.3) is 0 Å². The lowest BCUT2D eigenvalue weighted by Gasteiger charge is -2.03. The van der Waals surface area contributed by atoms with Gasteiger partial charge >= 0.3 is 5.97 Å². The third-order valence-corrected chi connectivity index (χ3v) is 6.38. The maximum atomic E-state index is 13.0. The number of furan rings is 1. The number of esters is 1. The average Bonchev–Trinajstić information content (AvgIpc) is 3.35. The highest BCUT2D eigenvalue weighted by molar-refractivity contribution is 8.00. The molecule has 0 radical (unpaired) electrons. The van der Waals surface area contributed by atoms with E-state index in [1.807, 2.05) is 0 Å². The van der Waals surface area contributed by atoms with Crippen LogP contribution in [-0.4, -0.2) is 32.7 Å². The monoisotopic (exact) mass is 474 g/mol. The molecule has 0 unspecified atom stereocenters. The van der Waals surface area contributed by atoms with Crippen LogP contribution in [0.5, 0.6) is 0 Å². The minimum Gasteiger partial charge on any atom is -0.462 e. The molecular weight excluding hydrogens is 455 g/mol. The van der Waals surface area contributed by atoms with Crippen molar-refractivity contribution in [1.29, 1.82) is 0 Å². The Balaban J connectivity index is 1.42. The Morgan fingerprint density at radius 1 is 1.28 bits per heavy atom. The summed E-state index contributed by atoms with van der Waals surface area (Å²) in [5.74, 6) is 0.582. The van der Waals surface area contributed by atoms with Crippen molar-refractivity contribution in [3.05, 3.63) is 52.8 Å². The highest BCUT2D eigenvalue weighted by Crippen LogP contribution is 2.31. The molecule has 3 N–H and O–H groups in total. The molecule has 4 aromatic rings. The largest absolute Gasteiger partial charge is 0.462 e. The number of halogens is 1. The van der Waals surface area contributed by atoms with Gasteiger partial charge in [-0.05, 0) is 31.5 Å². The number of aryl methyl sites for hydroxylation is 1. The van der Waals surface area contributed by atoms with E-state index >= 15 is 0 Å². The first-order valence-electron chi connectivity index (χ1n) is 9.61. The predicted octanol–water partition coefficient (Wildman–Crippen LogP) is 4.19. The quantitative estimate of drug-likeness (QED) is 0.283. The van der Waals surface area contributed by atoms with Crippen LogP contribution in [0.1, 0.15) is 34.4 Å². The summed E-state index contributed by atoms with van der Waals surface area (Å²) in [6, 6.07) is 6.25. The lowest BCUT2D eigenvalue weighted by Crippen LogP contribution is -2.07. The van der Waals surface area contributed by atoms with E-state index in [0.29, 0.717) is 34.4 Å². The van der Waals surface area contributed by atoms with Crippen LogP contribution >= 0.6 is 23.1 Å². The van der Waals surface area contributed by atoms with Crippen LogP contribution in [0.2, 0.25) is 0 Å². The third kappa shape index (κ3) is 4.81. The van der Waals surface area contributed by atoms with Crippen molar-refractivity contribution < 1.29 is 18.3 Å². The third-order valence-electron chi connectivity index (χ3n) is 4.37. The van der Waals surface area contributed by atoms with E-state index in [1.165, 1.54) is 35.2 Å². The molecule has 32 heavy (non-hydrogen) atoms. The van der Waals surface area contributed by atoms with Crippen molar-refractivity contribution in [3.8, 4) is 0 Å². The smallest absolute Gasteiger partial charge is 0.342 e. The summed E-state index contributed by atoms with van der Waals surface area (Å²) < 4.78 is 24.4. The minimum absolute atomic E-state index is 0.157. The number of nitrogen functional groups attached to an aromatic ring is 1. The highest BCUT2D eigenvalue weighted by Gasteiger charge is 2.24. The van der Waals surface area contributed by atoms with Crippen molar-refractivity contribution in [1.82, 2.24) is 20.2 Å². The van der Waals surface area contributed by atoms with Crippen molar-refractivity contribution in [2.75, 3.05) is 17.7 Å². The van der Waals surface area contributed by atoms with Crippen LogP contribution in [0.3, 0.4) is 0 Å². The molecule has 0 bridgehead atoms. The number of carbonyl (C=O) groups excluding carboxylic acids is 1. The van der Waals surface area contributed by atoms with Crippen LogP contribution < -0.4 is 11.1 Å². The second-order valence-electron chi connectivity index (χ2n) is 6.60. The Bertz CT molecular complexity index is 1260. The standard InChI is InChI=1S/C20H19FN6O3S2/c1-3-29-18(28)14-10(2)30-17-15(14)16(22)24-13(25-17)9-31-20-27-26-19(32-20)23-8-11-4-6-12(21)7-5-11/h4-7H,3,8-9H2,1-2H3,(H,23,26)(H2,22,24,25). The first-order chi connectivity index (χ1) is 15.4. The zero-order valence-electron chi connectivity index (χ0n) is 17.2. The Hall–Kier alpha value is -3.25. The molecule has 166 valence electrons. The summed E-state index contributed by atoms with van der Waals surface area (Å²) in [5, 5.41) is 12.4. The summed E-state index contributed by atoms with van der Waals surface area (Å²) >= 11 is 2.78. The second kappa shape index (κ2) is 9.49. The van der Waals surface area contributed by atoms with Gasteiger partial charge in [-0.2, -0.15) is 4.98 Å². The number of ether oxygens (including phenoxy) is 1. The number of fused-ring (bicyclic) bond motifs is 1. The molecule has 0 aliphatic heterocycles. The molecule has 1 aromatic carbocycles. The summed E-state index contributed by atoms with van der Waals surface area (Å²) in [6.07, 6.45) is 0. The fraction of sp³-hybridized carbons (Fsp3) is 0.250. The molecule has 0 saturated heterocycles. The van der Waals surface area contributed by atoms with Gasteiger partial charge in [-0.1, -0.05) is 35.2 Å². The van der Waals surface area contributed by atoms with Gasteiger partial charge in [0, 0.05) is 6.54 Å². The van der Waals surface area contributed by atoms with Crippen molar-refractivity contribution in [2.24, 2.45) is 0 Å². The van der Waals surface area contributed by atoms with Gasteiger partial charge in [-0.15, -0.1) is 10.2 Å². The molecule has 0 saturated carbocycles. The van der Waals surface area contributed by atoms with Gasteiger partial charge in [-0.3, -0.25) is 0 Å². The van der Waals surface area contributed by atoms with E-state index in [2.05, 4.69) is 25.5 Å². The second-order valence-corrected chi connectivity index (χ2v) is 8.80. The molecule has 0 atom stereocenters. The van der Waals surface area contributed by atoms with E-state index in [9.17, 15) is 9.18 Å². The first kappa shape index (κ1) is 22.0. The molecule has 9 nitrogen and oxygen atoms in total. The molecule has 0 amide bonds. The van der Waals surface area contributed by atoms with Gasteiger partial charge in [0.05, 0.1) is 17.7 Å². The van der Waals surface area contributed by atoms with Gasteiger partial charge in [0.2, 0.25) is 10.8 Å². The number of nitrogens with zero attached hydrogens (tertiary/aromatic N) is 4. The SMILES string of the molecule is CCOC(=O)c1c(C)oc2nc(CSc3nnc(NCc4ccc(F)cc4)s3)nc(N)c12. The Morgan fingerprint density at radius 3 is 2.81 bits per heavy atom. The fourth-order valence-electron chi connectivity index (χ4n) is 2.94. The number of hydrogen-bond donors (Lipinski definition) is 2. The number of nitrogens with two attached hydrogens (primary N) is 1. The molecule has 3 heterocycles. The minimum atomic E-state index is -0.518. The lowest BCUT2D eigenvalue weighted by atomic mass is 10.2. The molecular formula is C20H19FN6O3S2. The van der Waals surface area contributed by atoms with Crippen molar-refractivity contribution >= 4 is 51.1 Å². The van der Waals surface area contributed by atoms with Crippen LogP contribution in [0.15, 0.2) is 33.0 Å². The first-order valence-corrected chi connectivity index (χ1v) is 11.4. The topological polar surface area (TPSA) is 129 Å². The van der Waals surface area contributed by atoms with Crippen LogP contribution in [0.25, 0.3) is 11.1 Å². The zero-order valence-corrected chi connectivity index (χ0v) is 18.8. The van der Waals surface area contributed by atoms with E-state index in [-0.39, 0.29) is 29.5 Å². The highest BCUT2D eigenvalue weighted by atomic mass is 32.2. The maximum Gasteiger partial charge on any atom is 0.342 e. The molecule has 12 heteroatoms. The molecule has 4 rings (SSSR count). The van der Waals surface area contributed by atoms with E-state index in [0.717, 1.165) is 9.90 Å². The summed E-state index contributed by atoms with van der Waals surface area (Å²) in [4.78, 5) is 20.9. The molecule has 0 aliphatic carbocycles. The van der Waals surface area contributed by atoms with Crippen molar-refractivity contribution in [2.45, 2.75) is 30.5 Å². The number of aromatic nitrogens is 4. The number of hydrogen-bond acceptors (Lipinski definition) is 11. The number of thioether (sulfide) groups is 1.